The SMILES string of the molecule is C/C(=N\N=C(N)NO)c1ccc(NC(=O)Nc2ccc(/C(C)=N/NC(=O)NO)cc2)cc1. The van der Waals surface area contributed by atoms with Crippen molar-refractivity contribution in [1.82, 2.24) is 16.4 Å². The van der Waals surface area contributed by atoms with Crippen LogP contribution >= 0.6 is 0 Å². The van der Waals surface area contributed by atoms with E-state index in [1.54, 1.807) is 67.9 Å². The summed E-state index contributed by atoms with van der Waals surface area (Å²) in [6.45, 7) is 3.39. The monoisotopic (exact) mass is 441 g/mol. The molecular formula is C19H23N9O4. The van der Waals surface area contributed by atoms with Crippen molar-refractivity contribution in [2.24, 2.45) is 21.0 Å². The molecule has 0 fully saturated rings. The van der Waals surface area contributed by atoms with Crippen LogP contribution in [0.1, 0.15) is 25.0 Å². The van der Waals surface area contributed by atoms with E-state index in [1.807, 2.05) is 0 Å². The molecule has 0 bridgehead atoms. The molecule has 4 amide bonds. The molecule has 0 spiro atoms. The van der Waals surface area contributed by atoms with E-state index in [-0.39, 0.29) is 5.96 Å². The molecule has 0 aliphatic rings. The van der Waals surface area contributed by atoms with E-state index in [0.717, 1.165) is 5.56 Å². The predicted octanol–water partition coefficient (Wildman–Crippen LogP) is 1.76. The number of hydrogen-bond acceptors (Lipinski definition) is 7. The van der Waals surface area contributed by atoms with Crippen LogP contribution in [0.15, 0.2) is 63.8 Å². The third-order valence-electron chi connectivity index (χ3n) is 3.97. The molecule has 32 heavy (non-hydrogen) atoms. The molecule has 0 saturated carbocycles. The maximum Gasteiger partial charge on any atom is 0.358 e. The number of benzene rings is 2. The lowest BCUT2D eigenvalue weighted by atomic mass is 10.1. The zero-order chi connectivity index (χ0) is 23.5. The Balaban J connectivity index is 1.94. The first-order chi connectivity index (χ1) is 15.3. The molecule has 9 N–H and O–H groups in total. The lowest BCUT2D eigenvalue weighted by Crippen LogP contribution is -2.30. The van der Waals surface area contributed by atoms with Crippen molar-refractivity contribution in [2.75, 3.05) is 10.6 Å². The summed E-state index contributed by atoms with van der Waals surface area (Å²) in [7, 11) is 0. The minimum absolute atomic E-state index is 0.236. The van der Waals surface area contributed by atoms with Gasteiger partial charge in [0.25, 0.3) is 0 Å². The highest BCUT2D eigenvalue weighted by Gasteiger charge is 2.05. The Hall–Kier alpha value is -4.49. The minimum atomic E-state index is -0.855. The highest BCUT2D eigenvalue weighted by Crippen LogP contribution is 2.13. The van der Waals surface area contributed by atoms with Gasteiger partial charge in [0, 0.05) is 11.4 Å². The molecule has 2 aromatic rings. The van der Waals surface area contributed by atoms with Gasteiger partial charge in [-0.1, -0.05) is 24.3 Å². The van der Waals surface area contributed by atoms with Crippen molar-refractivity contribution in [3.8, 4) is 0 Å². The first-order valence-corrected chi connectivity index (χ1v) is 9.13. The van der Waals surface area contributed by atoms with Gasteiger partial charge < -0.3 is 16.4 Å². The highest BCUT2D eigenvalue weighted by molar-refractivity contribution is 6.02. The zero-order valence-corrected chi connectivity index (χ0v) is 17.2. The number of hydroxylamine groups is 2. The van der Waals surface area contributed by atoms with Crippen LogP contribution in [0.2, 0.25) is 0 Å². The van der Waals surface area contributed by atoms with Crippen LogP contribution in [-0.2, 0) is 0 Å². The number of urea groups is 2. The van der Waals surface area contributed by atoms with Gasteiger partial charge in [0.2, 0.25) is 5.96 Å². The van der Waals surface area contributed by atoms with Crippen molar-refractivity contribution in [1.29, 1.82) is 0 Å². The van der Waals surface area contributed by atoms with Gasteiger partial charge in [0.15, 0.2) is 0 Å². The summed E-state index contributed by atoms with van der Waals surface area (Å²) in [5, 5.41) is 33.7. The van der Waals surface area contributed by atoms with E-state index in [1.165, 1.54) is 5.48 Å². The fourth-order valence-corrected chi connectivity index (χ4v) is 2.32. The van der Waals surface area contributed by atoms with Gasteiger partial charge in [-0.25, -0.2) is 26.0 Å². The van der Waals surface area contributed by atoms with Gasteiger partial charge in [-0.3, -0.25) is 10.4 Å². The van der Waals surface area contributed by atoms with Crippen molar-refractivity contribution in [3.05, 3.63) is 59.7 Å². The summed E-state index contributed by atoms with van der Waals surface area (Å²) in [5.41, 5.74) is 14.1. The molecule has 0 aliphatic heterocycles. The third kappa shape index (κ3) is 7.40. The van der Waals surface area contributed by atoms with Gasteiger partial charge in [0.05, 0.1) is 11.4 Å². The summed E-state index contributed by atoms with van der Waals surface area (Å²) in [6.07, 6.45) is 0. The summed E-state index contributed by atoms with van der Waals surface area (Å²) in [5.74, 6) is -0.236. The number of carbonyl (C=O) groups excluding carboxylic acids is 2. The van der Waals surface area contributed by atoms with E-state index in [2.05, 4.69) is 31.4 Å². The molecule has 0 unspecified atom stereocenters. The largest absolute Gasteiger partial charge is 0.367 e. The van der Waals surface area contributed by atoms with Gasteiger partial charge >= 0.3 is 12.1 Å². The fourth-order valence-electron chi connectivity index (χ4n) is 2.32. The number of nitrogens with two attached hydrogens (primary N) is 1. The summed E-state index contributed by atoms with van der Waals surface area (Å²) < 4.78 is 0. The van der Waals surface area contributed by atoms with Gasteiger partial charge in [-0.05, 0) is 49.2 Å². The quantitative estimate of drug-likeness (QED) is 0.145. The van der Waals surface area contributed by atoms with Crippen LogP contribution in [0.25, 0.3) is 0 Å². The van der Waals surface area contributed by atoms with Gasteiger partial charge in [-0.15, -0.1) is 5.10 Å². The van der Waals surface area contributed by atoms with Crippen molar-refractivity contribution < 1.29 is 20.0 Å². The van der Waals surface area contributed by atoms with E-state index < -0.39 is 12.1 Å². The first kappa shape index (κ1) is 23.8. The number of hydrazone groups is 1. The Labute approximate surface area is 183 Å². The smallest absolute Gasteiger partial charge is 0.358 e. The lowest BCUT2D eigenvalue weighted by molar-refractivity contribution is 0.162. The Morgan fingerprint density at radius 3 is 1.72 bits per heavy atom. The van der Waals surface area contributed by atoms with E-state index in [0.29, 0.717) is 28.4 Å². The Bertz CT molecular complexity index is 1030. The highest BCUT2D eigenvalue weighted by atomic mass is 16.5. The fraction of sp³-hybridized carbons (Fsp3) is 0.105. The van der Waals surface area contributed by atoms with Crippen LogP contribution < -0.4 is 32.8 Å². The molecule has 0 heterocycles. The number of rotatable bonds is 6. The van der Waals surface area contributed by atoms with E-state index >= 15 is 0 Å². The first-order valence-electron chi connectivity index (χ1n) is 9.13. The van der Waals surface area contributed by atoms with Crippen LogP contribution in [-0.4, -0.2) is 39.9 Å². The Morgan fingerprint density at radius 1 is 0.750 bits per heavy atom. The van der Waals surface area contributed by atoms with Gasteiger partial charge in [-0.2, -0.15) is 10.2 Å². The summed E-state index contributed by atoms with van der Waals surface area (Å²) >= 11 is 0. The molecule has 2 aromatic carbocycles. The minimum Gasteiger partial charge on any atom is -0.367 e. The molecule has 0 radical (unpaired) electrons. The summed E-state index contributed by atoms with van der Waals surface area (Å²) in [4.78, 5) is 23.2. The number of nitrogens with one attached hydrogen (secondary N) is 5. The molecule has 0 aromatic heterocycles. The second kappa shape index (κ2) is 11.6. The number of amides is 4. The Kier molecular flexibility index (Phi) is 8.65. The molecule has 0 aliphatic carbocycles. The molecule has 13 nitrogen and oxygen atoms in total. The Morgan fingerprint density at radius 2 is 1.25 bits per heavy atom. The standard InChI is InChI=1S/C19H23N9O4/c1-11(23-25-17(20)27-31)13-3-7-15(8-4-13)21-18(29)22-16-9-5-14(6-10-16)12(2)24-26-19(30)28-32/h3-10,31-32H,1-2H3,(H3,20,25,27)(H2,21,22,29)(H2,26,28,30)/b23-11+,24-12+. The summed E-state index contributed by atoms with van der Waals surface area (Å²) in [6, 6.07) is 12.4. The molecule has 13 heteroatoms. The van der Waals surface area contributed by atoms with Crippen LogP contribution in [0, 0.1) is 0 Å². The van der Waals surface area contributed by atoms with E-state index in [9.17, 15) is 9.59 Å². The second-order valence-corrected chi connectivity index (χ2v) is 6.27. The predicted molar refractivity (Wildman–Crippen MR) is 120 cm³/mol. The average Bonchev–Trinajstić information content (AvgIpc) is 2.81. The van der Waals surface area contributed by atoms with Crippen molar-refractivity contribution in [2.45, 2.75) is 13.8 Å². The van der Waals surface area contributed by atoms with Crippen molar-refractivity contribution >= 4 is 40.8 Å². The average molecular weight is 441 g/mol. The number of guanidine groups is 1. The van der Waals surface area contributed by atoms with Crippen LogP contribution in [0.5, 0.6) is 0 Å². The lowest BCUT2D eigenvalue weighted by Gasteiger charge is -2.09. The number of carbonyl (C=O) groups is 2. The maximum atomic E-state index is 12.2. The molecule has 2 rings (SSSR count). The molecule has 0 saturated heterocycles. The molecule has 168 valence electrons. The van der Waals surface area contributed by atoms with Crippen LogP contribution in [0.4, 0.5) is 21.0 Å². The zero-order valence-electron chi connectivity index (χ0n) is 17.2. The van der Waals surface area contributed by atoms with Gasteiger partial charge in [0.1, 0.15) is 0 Å². The van der Waals surface area contributed by atoms with Crippen LogP contribution in [0.3, 0.4) is 0 Å². The molecular weight excluding hydrogens is 418 g/mol. The maximum absolute atomic E-state index is 12.2. The topological polar surface area (TPSA) is 198 Å². The number of anilines is 2. The van der Waals surface area contributed by atoms with Crippen molar-refractivity contribution in [3.63, 3.8) is 0 Å². The normalized spacial score (nSPS) is 12.1. The number of hydrogen-bond donors (Lipinski definition) is 8. The molecule has 0 atom stereocenters. The number of nitrogens with zero attached hydrogens (tertiary/aromatic N) is 3. The second-order valence-electron chi connectivity index (χ2n) is 6.27. The van der Waals surface area contributed by atoms with E-state index in [4.69, 9.17) is 16.1 Å². The third-order valence-corrected chi connectivity index (χ3v) is 3.97.